The molecule has 0 radical (unpaired) electrons. The molecule has 2 aromatic rings. The van der Waals surface area contributed by atoms with Crippen molar-refractivity contribution in [3.05, 3.63) is 51.5 Å². The van der Waals surface area contributed by atoms with Gasteiger partial charge in [-0.1, -0.05) is 29.8 Å². The Balaban J connectivity index is 2.25. The summed E-state index contributed by atoms with van der Waals surface area (Å²) in [4.78, 5) is 4.34. The average molecular weight is 262 g/mol. The van der Waals surface area contributed by atoms with Crippen LogP contribution in [-0.4, -0.2) is 16.6 Å². The molecule has 0 aliphatic carbocycles. The summed E-state index contributed by atoms with van der Waals surface area (Å²) in [5.41, 5.74) is 8.78. The van der Waals surface area contributed by atoms with Crippen molar-refractivity contribution < 1.29 is 5.11 Å². The molecule has 0 saturated heterocycles. The van der Waals surface area contributed by atoms with Crippen molar-refractivity contribution >= 4 is 11.3 Å². The minimum absolute atomic E-state index is 0.105. The molecule has 96 valence electrons. The van der Waals surface area contributed by atoms with Gasteiger partial charge in [0.1, 0.15) is 6.10 Å². The largest absolute Gasteiger partial charge is 0.386 e. The zero-order valence-corrected chi connectivity index (χ0v) is 11.4. The maximum atomic E-state index is 10.4. The molecule has 0 aliphatic rings. The van der Waals surface area contributed by atoms with E-state index in [1.807, 2.05) is 43.5 Å². The van der Waals surface area contributed by atoms with Crippen LogP contribution in [0.15, 0.2) is 29.6 Å². The maximum absolute atomic E-state index is 10.4. The monoisotopic (exact) mass is 262 g/mol. The molecule has 0 aliphatic heterocycles. The number of nitrogens with two attached hydrogens (primary N) is 1. The summed E-state index contributed by atoms with van der Waals surface area (Å²) in [5, 5.41) is 13.2. The van der Waals surface area contributed by atoms with Gasteiger partial charge in [0.25, 0.3) is 0 Å². The van der Waals surface area contributed by atoms with Crippen LogP contribution in [0.5, 0.6) is 0 Å². The standard InChI is InChI=1S/C14H18N2OS/c1-9-3-5-11(6-4-9)12(7-15)14(17)13-8-18-10(2)16-13/h3-6,8,12,14,17H,7,15H2,1-2H3. The molecular weight excluding hydrogens is 244 g/mol. The van der Waals surface area contributed by atoms with Crippen molar-refractivity contribution in [2.24, 2.45) is 5.73 Å². The lowest BCUT2D eigenvalue weighted by Crippen LogP contribution is -2.20. The molecule has 2 unspecified atom stereocenters. The van der Waals surface area contributed by atoms with E-state index in [2.05, 4.69) is 4.98 Å². The van der Waals surface area contributed by atoms with E-state index in [-0.39, 0.29) is 5.92 Å². The van der Waals surface area contributed by atoms with Gasteiger partial charge in [0.05, 0.1) is 10.7 Å². The first-order valence-electron chi connectivity index (χ1n) is 5.98. The number of aryl methyl sites for hydroxylation is 2. The number of hydrogen-bond acceptors (Lipinski definition) is 4. The second kappa shape index (κ2) is 5.61. The Morgan fingerprint density at radius 2 is 1.94 bits per heavy atom. The number of nitrogens with zero attached hydrogens (tertiary/aromatic N) is 1. The molecule has 2 atom stereocenters. The molecule has 3 nitrogen and oxygen atoms in total. The number of aliphatic hydroxyl groups excluding tert-OH is 1. The number of thiazole rings is 1. The van der Waals surface area contributed by atoms with Gasteiger partial charge in [-0.2, -0.15) is 0 Å². The minimum Gasteiger partial charge on any atom is -0.386 e. The number of rotatable bonds is 4. The van der Waals surface area contributed by atoms with Crippen LogP contribution in [0.2, 0.25) is 0 Å². The fourth-order valence-electron chi connectivity index (χ4n) is 1.98. The van der Waals surface area contributed by atoms with Gasteiger partial charge >= 0.3 is 0 Å². The maximum Gasteiger partial charge on any atom is 0.105 e. The first-order chi connectivity index (χ1) is 8.61. The first kappa shape index (κ1) is 13.2. The highest BCUT2D eigenvalue weighted by Crippen LogP contribution is 2.30. The molecular formula is C14H18N2OS. The highest BCUT2D eigenvalue weighted by atomic mass is 32.1. The third kappa shape index (κ3) is 2.77. The fraction of sp³-hybridized carbons (Fsp3) is 0.357. The molecule has 4 heteroatoms. The molecule has 0 saturated carbocycles. The Labute approximate surface area is 111 Å². The van der Waals surface area contributed by atoms with Crippen molar-refractivity contribution in [1.29, 1.82) is 0 Å². The van der Waals surface area contributed by atoms with E-state index >= 15 is 0 Å². The highest BCUT2D eigenvalue weighted by Gasteiger charge is 2.23. The molecule has 18 heavy (non-hydrogen) atoms. The van der Waals surface area contributed by atoms with Crippen LogP contribution in [0.3, 0.4) is 0 Å². The van der Waals surface area contributed by atoms with Gasteiger partial charge < -0.3 is 10.8 Å². The summed E-state index contributed by atoms with van der Waals surface area (Å²) in [6, 6.07) is 8.12. The smallest absolute Gasteiger partial charge is 0.105 e. The zero-order chi connectivity index (χ0) is 13.1. The summed E-state index contributed by atoms with van der Waals surface area (Å²) < 4.78 is 0. The molecule has 1 aromatic heterocycles. The minimum atomic E-state index is -0.636. The molecule has 2 rings (SSSR count). The number of aromatic nitrogens is 1. The first-order valence-corrected chi connectivity index (χ1v) is 6.86. The van der Waals surface area contributed by atoms with Gasteiger partial charge in [-0.3, -0.25) is 0 Å². The second-order valence-electron chi connectivity index (χ2n) is 4.49. The second-order valence-corrected chi connectivity index (χ2v) is 5.55. The molecule has 0 fully saturated rings. The van der Waals surface area contributed by atoms with Crippen molar-refractivity contribution in [3.63, 3.8) is 0 Å². The lowest BCUT2D eigenvalue weighted by molar-refractivity contribution is 0.143. The van der Waals surface area contributed by atoms with Gasteiger partial charge in [0.15, 0.2) is 0 Å². The van der Waals surface area contributed by atoms with Crippen LogP contribution in [0.1, 0.15) is 33.9 Å². The molecule has 1 heterocycles. The topological polar surface area (TPSA) is 59.1 Å². The quantitative estimate of drug-likeness (QED) is 0.890. The van der Waals surface area contributed by atoms with Crippen LogP contribution in [0.25, 0.3) is 0 Å². The van der Waals surface area contributed by atoms with Crippen LogP contribution in [0, 0.1) is 13.8 Å². The van der Waals surface area contributed by atoms with Crippen molar-refractivity contribution in [1.82, 2.24) is 4.98 Å². The Morgan fingerprint density at radius 1 is 1.28 bits per heavy atom. The van der Waals surface area contributed by atoms with Crippen LogP contribution in [-0.2, 0) is 0 Å². The number of benzene rings is 1. The average Bonchev–Trinajstić information content (AvgIpc) is 2.79. The van der Waals surface area contributed by atoms with E-state index < -0.39 is 6.10 Å². The Hall–Kier alpha value is -1.23. The fourth-order valence-corrected chi connectivity index (χ4v) is 2.62. The summed E-state index contributed by atoms with van der Waals surface area (Å²) in [7, 11) is 0. The van der Waals surface area contributed by atoms with Crippen LogP contribution < -0.4 is 5.73 Å². The lowest BCUT2D eigenvalue weighted by atomic mass is 9.91. The number of aliphatic hydroxyl groups is 1. The van der Waals surface area contributed by atoms with Crippen molar-refractivity contribution in [2.45, 2.75) is 25.9 Å². The highest BCUT2D eigenvalue weighted by molar-refractivity contribution is 7.09. The SMILES string of the molecule is Cc1ccc(C(CN)C(O)c2csc(C)n2)cc1. The lowest BCUT2D eigenvalue weighted by Gasteiger charge is -2.20. The summed E-state index contributed by atoms with van der Waals surface area (Å²) in [5.74, 6) is -0.105. The Kier molecular flexibility index (Phi) is 4.11. The Bertz CT molecular complexity index is 507. The molecule has 3 N–H and O–H groups in total. The van der Waals surface area contributed by atoms with E-state index in [9.17, 15) is 5.11 Å². The van der Waals surface area contributed by atoms with E-state index in [0.29, 0.717) is 12.2 Å². The third-order valence-electron chi connectivity index (χ3n) is 3.08. The van der Waals surface area contributed by atoms with Crippen LogP contribution in [0.4, 0.5) is 0 Å². The van der Waals surface area contributed by atoms with E-state index in [1.54, 1.807) is 11.3 Å². The summed E-state index contributed by atoms with van der Waals surface area (Å²) in [6.07, 6.45) is -0.636. The van der Waals surface area contributed by atoms with Gasteiger partial charge in [-0.25, -0.2) is 4.98 Å². The predicted octanol–water partition coefficient (Wildman–Crippen LogP) is 2.54. The molecule has 1 aromatic carbocycles. The van der Waals surface area contributed by atoms with E-state index in [4.69, 9.17) is 5.73 Å². The van der Waals surface area contributed by atoms with Crippen molar-refractivity contribution in [3.8, 4) is 0 Å². The van der Waals surface area contributed by atoms with Gasteiger partial charge in [-0.15, -0.1) is 11.3 Å². The van der Waals surface area contributed by atoms with E-state index in [1.165, 1.54) is 5.56 Å². The summed E-state index contributed by atoms with van der Waals surface area (Å²) >= 11 is 1.55. The van der Waals surface area contributed by atoms with Crippen LogP contribution >= 0.6 is 11.3 Å². The van der Waals surface area contributed by atoms with Gasteiger partial charge in [0, 0.05) is 17.8 Å². The molecule has 0 amide bonds. The Morgan fingerprint density at radius 3 is 2.44 bits per heavy atom. The predicted molar refractivity (Wildman–Crippen MR) is 74.8 cm³/mol. The molecule has 0 spiro atoms. The zero-order valence-electron chi connectivity index (χ0n) is 10.6. The van der Waals surface area contributed by atoms with E-state index in [0.717, 1.165) is 10.6 Å². The van der Waals surface area contributed by atoms with Gasteiger partial charge in [-0.05, 0) is 19.4 Å². The van der Waals surface area contributed by atoms with Gasteiger partial charge in [0.2, 0.25) is 0 Å². The molecule has 0 bridgehead atoms. The van der Waals surface area contributed by atoms with Crippen molar-refractivity contribution in [2.75, 3.05) is 6.54 Å². The normalized spacial score (nSPS) is 14.4. The summed E-state index contributed by atoms with van der Waals surface area (Å²) in [6.45, 7) is 4.38. The number of hydrogen-bond donors (Lipinski definition) is 2. The third-order valence-corrected chi connectivity index (χ3v) is 3.87.